The number of aromatic nitrogens is 2. The Morgan fingerprint density at radius 3 is 2.64 bits per heavy atom. The molecule has 2 aliphatic rings. The van der Waals surface area contributed by atoms with Crippen LogP contribution in [-0.4, -0.2) is 65.9 Å². The average Bonchev–Trinajstić information content (AvgIpc) is 2.55. The molecule has 7 nitrogen and oxygen atoms in total. The van der Waals surface area contributed by atoms with Gasteiger partial charge in [0.05, 0.1) is 12.7 Å². The molecular formula is C15H23N5O2. The van der Waals surface area contributed by atoms with Crippen molar-refractivity contribution in [2.45, 2.75) is 31.9 Å². The molecule has 0 aliphatic carbocycles. The van der Waals surface area contributed by atoms with Crippen LogP contribution in [0.2, 0.25) is 0 Å². The minimum atomic E-state index is -0.542. The molecule has 3 heterocycles. The number of primary amides is 1. The summed E-state index contributed by atoms with van der Waals surface area (Å²) in [7, 11) is 0. The van der Waals surface area contributed by atoms with Crippen molar-refractivity contribution in [3.05, 3.63) is 17.8 Å². The van der Waals surface area contributed by atoms with Crippen LogP contribution in [0.15, 0.2) is 12.1 Å². The van der Waals surface area contributed by atoms with Gasteiger partial charge in [-0.15, -0.1) is 10.2 Å². The monoisotopic (exact) mass is 305 g/mol. The first kappa shape index (κ1) is 15.2. The normalized spacial score (nSPS) is 24.4. The number of amides is 1. The maximum absolute atomic E-state index is 11.0. The first-order valence-electron chi connectivity index (χ1n) is 7.87. The van der Waals surface area contributed by atoms with Crippen LogP contribution in [0.5, 0.6) is 0 Å². The highest BCUT2D eigenvalue weighted by Crippen LogP contribution is 2.22. The second-order valence-electron chi connectivity index (χ2n) is 6.04. The average molecular weight is 305 g/mol. The van der Waals surface area contributed by atoms with E-state index >= 15 is 0 Å². The van der Waals surface area contributed by atoms with E-state index < -0.39 is 5.91 Å². The van der Waals surface area contributed by atoms with Gasteiger partial charge in [-0.2, -0.15) is 0 Å². The third-order valence-corrected chi connectivity index (χ3v) is 4.48. The Bertz CT molecular complexity index is 513. The summed E-state index contributed by atoms with van der Waals surface area (Å²) in [4.78, 5) is 15.8. The standard InChI is InChI=1S/C15H23N5O2/c1-11-10-20(8-9-22-11)12-4-6-19(7-5-12)14-3-2-13(15(16)21)17-18-14/h2-3,11-12H,4-10H2,1H3,(H2,16,21). The van der Waals surface area contributed by atoms with Crippen molar-refractivity contribution in [2.24, 2.45) is 5.73 Å². The molecule has 2 aliphatic heterocycles. The molecule has 2 saturated heterocycles. The minimum Gasteiger partial charge on any atom is -0.376 e. The number of piperidine rings is 1. The zero-order valence-corrected chi connectivity index (χ0v) is 12.9. The van der Waals surface area contributed by atoms with E-state index in [2.05, 4.69) is 26.9 Å². The predicted molar refractivity (Wildman–Crippen MR) is 82.8 cm³/mol. The van der Waals surface area contributed by atoms with E-state index in [9.17, 15) is 4.79 Å². The maximum Gasteiger partial charge on any atom is 0.269 e. The molecule has 0 spiro atoms. The number of morpholine rings is 1. The first-order chi connectivity index (χ1) is 10.6. The molecule has 22 heavy (non-hydrogen) atoms. The van der Waals surface area contributed by atoms with Crippen molar-refractivity contribution in [3.63, 3.8) is 0 Å². The molecule has 0 aromatic carbocycles. The molecule has 2 N–H and O–H groups in total. The Morgan fingerprint density at radius 1 is 1.27 bits per heavy atom. The second-order valence-corrected chi connectivity index (χ2v) is 6.04. The Morgan fingerprint density at radius 2 is 2.05 bits per heavy atom. The lowest BCUT2D eigenvalue weighted by molar-refractivity contribution is -0.0373. The van der Waals surface area contributed by atoms with Gasteiger partial charge in [0.1, 0.15) is 0 Å². The smallest absolute Gasteiger partial charge is 0.269 e. The number of nitrogens with two attached hydrogens (primary N) is 1. The lowest BCUT2D eigenvalue weighted by Crippen LogP contribution is -2.51. The topological polar surface area (TPSA) is 84.6 Å². The van der Waals surface area contributed by atoms with E-state index in [4.69, 9.17) is 10.5 Å². The molecule has 3 rings (SSSR count). The van der Waals surface area contributed by atoms with Crippen molar-refractivity contribution in [1.82, 2.24) is 15.1 Å². The van der Waals surface area contributed by atoms with E-state index in [1.807, 2.05) is 6.07 Å². The van der Waals surface area contributed by atoms with Gasteiger partial charge in [-0.1, -0.05) is 0 Å². The van der Waals surface area contributed by atoms with E-state index in [1.165, 1.54) is 0 Å². The number of carbonyl (C=O) groups excluding carboxylic acids is 1. The largest absolute Gasteiger partial charge is 0.376 e. The van der Waals surface area contributed by atoms with E-state index in [-0.39, 0.29) is 5.69 Å². The van der Waals surface area contributed by atoms with Crippen LogP contribution in [0, 0.1) is 0 Å². The van der Waals surface area contributed by atoms with E-state index in [0.29, 0.717) is 12.1 Å². The van der Waals surface area contributed by atoms with Crippen LogP contribution in [0.25, 0.3) is 0 Å². The van der Waals surface area contributed by atoms with Crippen LogP contribution in [0.4, 0.5) is 5.82 Å². The van der Waals surface area contributed by atoms with Crippen molar-refractivity contribution < 1.29 is 9.53 Å². The minimum absolute atomic E-state index is 0.209. The molecule has 1 unspecified atom stereocenters. The molecule has 1 aromatic heterocycles. The van der Waals surface area contributed by atoms with Gasteiger partial charge in [-0.05, 0) is 31.9 Å². The van der Waals surface area contributed by atoms with Crippen LogP contribution in [0.1, 0.15) is 30.3 Å². The summed E-state index contributed by atoms with van der Waals surface area (Å²) in [6.45, 7) is 6.94. The summed E-state index contributed by atoms with van der Waals surface area (Å²) in [6, 6.07) is 4.09. The van der Waals surface area contributed by atoms with Crippen molar-refractivity contribution >= 4 is 11.7 Å². The molecule has 1 amide bonds. The van der Waals surface area contributed by atoms with Gasteiger partial charge in [-0.3, -0.25) is 9.69 Å². The Hall–Kier alpha value is -1.73. The summed E-state index contributed by atoms with van der Waals surface area (Å²) in [5.41, 5.74) is 5.39. The quantitative estimate of drug-likeness (QED) is 0.862. The highest BCUT2D eigenvalue weighted by atomic mass is 16.5. The van der Waals surface area contributed by atoms with Gasteiger partial charge in [0, 0.05) is 32.2 Å². The van der Waals surface area contributed by atoms with E-state index in [1.54, 1.807) is 6.07 Å². The molecule has 120 valence electrons. The fraction of sp³-hybridized carbons (Fsp3) is 0.667. The molecular weight excluding hydrogens is 282 g/mol. The zero-order valence-electron chi connectivity index (χ0n) is 12.9. The number of hydrogen-bond donors (Lipinski definition) is 1. The highest BCUT2D eigenvalue weighted by molar-refractivity contribution is 5.90. The SMILES string of the molecule is CC1CN(C2CCN(c3ccc(C(N)=O)nn3)CC2)CCO1. The predicted octanol–water partition coefficient (Wildman–Crippen LogP) is 0.265. The van der Waals surface area contributed by atoms with Crippen LogP contribution < -0.4 is 10.6 Å². The molecule has 0 radical (unpaired) electrons. The van der Waals surface area contributed by atoms with Gasteiger partial charge >= 0.3 is 0 Å². The molecule has 7 heteroatoms. The van der Waals surface area contributed by atoms with Crippen LogP contribution >= 0.6 is 0 Å². The Kier molecular flexibility index (Phi) is 4.54. The zero-order chi connectivity index (χ0) is 15.5. The number of carbonyl (C=O) groups is 1. The highest BCUT2D eigenvalue weighted by Gasteiger charge is 2.28. The van der Waals surface area contributed by atoms with Crippen molar-refractivity contribution in [2.75, 3.05) is 37.7 Å². The van der Waals surface area contributed by atoms with E-state index in [0.717, 1.165) is 51.4 Å². The summed E-state index contributed by atoms with van der Waals surface area (Å²) in [5, 5.41) is 7.99. The second kappa shape index (κ2) is 6.58. The van der Waals surface area contributed by atoms with Gasteiger partial charge in [0.25, 0.3) is 5.91 Å². The first-order valence-corrected chi connectivity index (χ1v) is 7.87. The van der Waals surface area contributed by atoms with Crippen molar-refractivity contribution in [1.29, 1.82) is 0 Å². The molecule has 1 atom stereocenters. The molecule has 2 fully saturated rings. The molecule has 0 bridgehead atoms. The van der Waals surface area contributed by atoms with Crippen LogP contribution in [-0.2, 0) is 4.74 Å². The van der Waals surface area contributed by atoms with Gasteiger partial charge in [0.15, 0.2) is 11.5 Å². The fourth-order valence-electron chi connectivity index (χ4n) is 3.26. The molecule has 0 saturated carbocycles. The molecule has 1 aromatic rings. The lowest BCUT2D eigenvalue weighted by Gasteiger charge is -2.41. The van der Waals surface area contributed by atoms with Crippen LogP contribution in [0.3, 0.4) is 0 Å². The lowest BCUT2D eigenvalue weighted by atomic mass is 10.0. The Balaban J connectivity index is 1.56. The fourth-order valence-corrected chi connectivity index (χ4v) is 3.26. The number of hydrogen-bond acceptors (Lipinski definition) is 6. The third kappa shape index (κ3) is 3.36. The summed E-state index contributed by atoms with van der Waals surface area (Å²) in [5.74, 6) is 0.276. The number of nitrogens with zero attached hydrogens (tertiary/aromatic N) is 4. The number of ether oxygens (including phenoxy) is 1. The van der Waals surface area contributed by atoms with Gasteiger partial charge < -0.3 is 15.4 Å². The summed E-state index contributed by atoms with van der Waals surface area (Å²) in [6.07, 6.45) is 2.57. The third-order valence-electron chi connectivity index (χ3n) is 4.48. The number of rotatable bonds is 3. The summed E-state index contributed by atoms with van der Waals surface area (Å²) < 4.78 is 5.61. The van der Waals surface area contributed by atoms with Gasteiger partial charge in [-0.25, -0.2) is 0 Å². The van der Waals surface area contributed by atoms with Gasteiger partial charge in [0.2, 0.25) is 0 Å². The van der Waals surface area contributed by atoms with Crippen molar-refractivity contribution in [3.8, 4) is 0 Å². The summed E-state index contributed by atoms with van der Waals surface area (Å²) >= 11 is 0. The Labute approximate surface area is 130 Å². The number of anilines is 1. The maximum atomic E-state index is 11.0.